The first-order valence-electron chi connectivity index (χ1n) is 7.84. The minimum atomic E-state index is -0.199. The van der Waals surface area contributed by atoms with E-state index in [0.29, 0.717) is 22.9 Å². The zero-order valence-electron chi connectivity index (χ0n) is 13.3. The Labute approximate surface area is 154 Å². The molecule has 2 N–H and O–H groups in total. The molecule has 0 spiro atoms. The van der Waals surface area contributed by atoms with Crippen molar-refractivity contribution in [2.24, 2.45) is 0 Å². The molecule has 2 aromatic carbocycles. The standard InChI is InChI=1S/C18H18BrClN2O2/c1-2-24-17-4-3-11(8-16(17)20)18(23)22-13-7-12-10-21-6-5-14(12)15(19)9-13/h3-4,7-9,21H,2,5-6,10H2,1H3,(H,22,23). The maximum Gasteiger partial charge on any atom is 0.255 e. The minimum absolute atomic E-state index is 0.199. The zero-order chi connectivity index (χ0) is 17.1. The van der Waals surface area contributed by atoms with Crippen LogP contribution in [0.4, 0.5) is 5.69 Å². The second-order valence-electron chi connectivity index (χ2n) is 5.55. The summed E-state index contributed by atoms with van der Waals surface area (Å²) in [7, 11) is 0. The molecular weight excluding hydrogens is 392 g/mol. The first-order chi connectivity index (χ1) is 11.6. The third kappa shape index (κ3) is 3.74. The highest BCUT2D eigenvalue weighted by atomic mass is 79.9. The van der Waals surface area contributed by atoms with Crippen LogP contribution in [0.5, 0.6) is 5.75 Å². The second kappa shape index (κ2) is 7.55. The van der Waals surface area contributed by atoms with Crippen molar-refractivity contribution in [3.8, 4) is 5.75 Å². The van der Waals surface area contributed by atoms with E-state index in [1.165, 1.54) is 11.1 Å². The maximum atomic E-state index is 12.5. The van der Waals surface area contributed by atoms with Crippen LogP contribution < -0.4 is 15.4 Å². The highest BCUT2D eigenvalue weighted by Gasteiger charge is 2.15. The predicted octanol–water partition coefficient (Wildman–Crippen LogP) is 4.40. The van der Waals surface area contributed by atoms with Crippen molar-refractivity contribution >= 4 is 39.1 Å². The summed E-state index contributed by atoms with van der Waals surface area (Å²) >= 11 is 9.76. The van der Waals surface area contributed by atoms with Gasteiger partial charge >= 0.3 is 0 Å². The molecule has 1 aliphatic heterocycles. The van der Waals surface area contributed by atoms with Gasteiger partial charge in [0.1, 0.15) is 5.75 Å². The molecule has 1 aliphatic rings. The van der Waals surface area contributed by atoms with Gasteiger partial charge in [0, 0.05) is 22.3 Å². The summed E-state index contributed by atoms with van der Waals surface area (Å²) < 4.78 is 6.42. The van der Waals surface area contributed by atoms with Crippen molar-refractivity contribution < 1.29 is 9.53 Å². The molecule has 0 aromatic heterocycles. The van der Waals surface area contributed by atoms with Gasteiger partial charge in [0.05, 0.1) is 11.6 Å². The lowest BCUT2D eigenvalue weighted by molar-refractivity contribution is 0.102. The number of amides is 1. The van der Waals surface area contributed by atoms with Crippen molar-refractivity contribution in [2.75, 3.05) is 18.5 Å². The Bertz CT molecular complexity index is 780. The monoisotopic (exact) mass is 408 g/mol. The fraction of sp³-hybridized carbons (Fsp3) is 0.278. The van der Waals surface area contributed by atoms with E-state index >= 15 is 0 Å². The Kier molecular flexibility index (Phi) is 5.43. The summed E-state index contributed by atoms with van der Waals surface area (Å²) in [6.45, 7) is 4.21. The normalized spacial score (nSPS) is 13.3. The topological polar surface area (TPSA) is 50.4 Å². The number of hydrogen-bond acceptors (Lipinski definition) is 3. The van der Waals surface area contributed by atoms with Crippen LogP contribution in [-0.4, -0.2) is 19.1 Å². The lowest BCUT2D eigenvalue weighted by Crippen LogP contribution is -2.24. The number of carbonyl (C=O) groups excluding carboxylic acids is 1. The van der Waals surface area contributed by atoms with Gasteiger partial charge in [-0.3, -0.25) is 4.79 Å². The smallest absolute Gasteiger partial charge is 0.255 e. The van der Waals surface area contributed by atoms with Crippen LogP contribution in [0, 0.1) is 0 Å². The Morgan fingerprint density at radius 2 is 2.21 bits per heavy atom. The Balaban J connectivity index is 1.80. The Morgan fingerprint density at radius 3 is 2.96 bits per heavy atom. The van der Waals surface area contributed by atoms with Gasteiger partial charge in [-0.2, -0.15) is 0 Å². The summed E-state index contributed by atoms with van der Waals surface area (Å²) in [6.07, 6.45) is 0.985. The summed E-state index contributed by atoms with van der Waals surface area (Å²) in [5.74, 6) is 0.383. The highest BCUT2D eigenvalue weighted by molar-refractivity contribution is 9.10. The summed E-state index contributed by atoms with van der Waals surface area (Å²) in [5.41, 5.74) is 3.77. The predicted molar refractivity (Wildman–Crippen MR) is 100 cm³/mol. The summed E-state index contributed by atoms with van der Waals surface area (Å²) in [6, 6.07) is 9.00. The molecule has 0 atom stereocenters. The fourth-order valence-electron chi connectivity index (χ4n) is 2.76. The number of halogens is 2. The Morgan fingerprint density at radius 1 is 1.38 bits per heavy atom. The van der Waals surface area contributed by atoms with Crippen LogP contribution in [-0.2, 0) is 13.0 Å². The third-order valence-corrected chi connectivity index (χ3v) is 4.91. The molecule has 3 rings (SSSR count). The molecule has 0 radical (unpaired) electrons. The Hall–Kier alpha value is -1.56. The molecule has 0 saturated carbocycles. The number of nitrogens with one attached hydrogen (secondary N) is 2. The van der Waals surface area contributed by atoms with Gasteiger partial charge in [-0.1, -0.05) is 27.5 Å². The number of ether oxygens (including phenoxy) is 1. The SMILES string of the molecule is CCOc1ccc(C(=O)Nc2cc(Br)c3c(c2)CNCC3)cc1Cl. The first kappa shape index (κ1) is 17.3. The van der Waals surface area contributed by atoms with Crippen LogP contribution in [0.2, 0.25) is 5.02 Å². The largest absolute Gasteiger partial charge is 0.492 e. The number of anilines is 1. The van der Waals surface area contributed by atoms with E-state index < -0.39 is 0 Å². The van der Waals surface area contributed by atoms with E-state index in [4.69, 9.17) is 16.3 Å². The van der Waals surface area contributed by atoms with E-state index in [1.54, 1.807) is 18.2 Å². The lowest BCUT2D eigenvalue weighted by Gasteiger charge is -2.20. The van der Waals surface area contributed by atoms with Gasteiger partial charge in [-0.25, -0.2) is 0 Å². The van der Waals surface area contributed by atoms with Crippen molar-refractivity contribution in [1.29, 1.82) is 0 Å². The van der Waals surface area contributed by atoms with Crippen LogP contribution in [0.25, 0.3) is 0 Å². The molecule has 0 fully saturated rings. The van der Waals surface area contributed by atoms with Gasteiger partial charge in [0.15, 0.2) is 0 Å². The van der Waals surface area contributed by atoms with Gasteiger partial charge in [0.25, 0.3) is 5.91 Å². The number of benzene rings is 2. The minimum Gasteiger partial charge on any atom is -0.492 e. The molecule has 0 saturated heterocycles. The van der Waals surface area contributed by atoms with Crippen molar-refractivity contribution in [1.82, 2.24) is 5.32 Å². The quantitative estimate of drug-likeness (QED) is 0.787. The van der Waals surface area contributed by atoms with Crippen molar-refractivity contribution in [2.45, 2.75) is 19.9 Å². The number of hydrogen-bond donors (Lipinski definition) is 2. The number of fused-ring (bicyclic) bond motifs is 1. The van der Waals surface area contributed by atoms with E-state index in [9.17, 15) is 4.79 Å². The van der Waals surface area contributed by atoms with Crippen LogP contribution in [0.15, 0.2) is 34.8 Å². The maximum absolute atomic E-state index is 12.5. The van der Waals surface area contributed by atoms with Gasteiger partial charge in [-0.15, -0.1) is 0 Å². The molecule has 24 heavy (non-hydrogen) atoms. The van der Waals surface area contributed by atoms with E-state index in [1.807, 2.05) is 19.1 Å². The van der Waals surface area contributed by atoms with Crippen LogP contribution in [0.3, 0.4) is 0 Å². The molecule has 4 nitrogen and oxygen atoms in total. The second-order valence-corrected chi connectivity index (χ2v) is 6.82. The van der Waals surface area contributed by atoms with Gasteiger partial charge in [0.2, 0.25) is 0 Å². The third-order valence-electron chi connectivity index (χ3n) is 3.91. The van der Waals surface area contributed by atoms with Gasteiger partial charge < -0.3 is 15.4 Å². The number of rotatable bonds is 4. The zero-order valence-corrected chi connectivity index (χ0v) is 15.6. The van der Waals surface area contributed by atoms with Gasteiger partial charge in [-0.05, 0) is 61.3 Å². The average molecular weight is 410 g/mol. The van der Waals surface area contributed by atoms with Crippen LogP contribution >= 0.6 is 27.5 Å². The molecule has 0 bridgehead atoms. The fourth-order valence-corrected chi connectivity index (χ4v) is 3.69. The summed E-state index contributed by atoms with van der Waals surface area (Å²) in [4.78, 5) is 12.5. The molecule has 126 valence electrons. The number of carbonyl (C=O) groups is 1. The highest BCUT2D eigenvalue weighted by Crippen LogP contribution is 2.29. The first-order valence-corrected chi connectivity index (χ1v) is 9.01. The van der Waals surface area contributed by atoms with E-state index in [-0.39, 0.29) is 5.91 Å². The van der Waals surface area contributed by atoms with E-state index in [2.05, 4.69) is 26.6 Å². The lowest BCUT2D eigenvalue weighted by atomic mass is 10.0. The summed E-state index contributed by atoms with van der Waals surface area (Å²) in [5, 5.41) is 6.70. The molecule has 2 aromatic rings. The molecule has 1 amide bonds. The molecular formula is C18H18BrClN2O2. The van der Waals surface area contributed by atoms with E-state index in [0.717, 1.165) is 29.7 Å². The molecule has 1 heterocycles. The molecule has 0 unspecified atom stereocenters. The average Bonchev–Trinajstić information content (AvgIpc) is 2.57. The molecule has 6 heteroatoms. The van der Waals surface area contributed by atoms with Crippen LogP contribution in [0.1, 0.15) is 28.4 Å². The van der Waals surface area contributed by atoms with Crippen molar-refractivity contribution in [3.05, 3.63) is 56.5 Å². The van der Waals surface area contributed by atoms with Crippen molar-refractivity contribution in [3.63, 3.8) is 0 Å². The molecule has 0 aliphatic carbocycles.